The highest BCUT2D eigenvalue weighted by molar-refractivity contribution is 5.75. The van der Waals surface area contributed by atoms with Crippen LogP contribution in [0.3, 0.4) is 0 Å². The van der Waals surface area contributed by atoms with Crippen molar-refractivity contribution in [2.45, 2.75) is 72.6 Å². The first-order chi connectivity index (χ1) is 10.3. The Hall–Kier alpha value is -0.790. The molecule has 0 spiro atoms. The minimum atomic E-state index is -0.559. The molecule has 2 nitrogen and oxygen atoms in total. The summed E-state index contributed by atoms with van der Waals surface area (Å²) in [6, 6.07) is 0. The van der Waals surface area contributed by atoms with Crippen molar-refractivity contribution in [2.75, 3.05) is 0 Å². The average Bonchev–Trinajstić information content (AvgIpc) is 2.46. The summed E-state index contributed by atoms with van der Waals surface area (Å²) in [5.74, 6) is 1.87. The zero-order valence-electron chi connectivity index (χ0n) is 14.7. The Labute approximate surface area is 135 Å². The third-order valence-corrected chi connectivity index (χ3v) is 7.53. The van der Waals surface area contributed by atoms with Crippen molar-refractivity contribution in [3.05, 3.63) is 11.6 Å². The first kappa shape index (κ1) is 16.1. The lowest BCUT2D eigenvalue weighted by Gasteiger charge is -2.59. The second-order valence-corrected chi connectivity index (χ2v) is 8.92. The minimum absolute atomic E-state index is 0.229. The van der Waals surface area contributed by atoms with Gasteiger partial charge >= 0.3 is 5.97 Å². The Morgan fingerprint density at radius 2 is 1.95 bits per heavy atom. The van der Waals surface area contributed by atoms with Gasteiger partial charge in [0.2, 0.25) is 0 Å². The number of rotatable bonds is 2. The molecule has 0 aromatic carbocycles. The van der Waals surface area contributed by atoms with Crippen LogP contribution < -0.4 is 0 Å². The van der Waals surface area contributed by atoms with E-state index in [1.54, 1.807) is 5.57 Å². The zero-order valence-corrected chi connectivity index (χ0v) is 14.7. The van der Waals surface area contributed by atoms with Crippen LogP contribution in [-0.4, -0.2) is 11.1 Å². The van der Waals surface area contributed by atoms with Crippen molar-refractivity contribution in [3.8, 4) is 0 Å². The normalized spacial score (nSPS) is 45.0. The van der Waals surface area contributed by atoms with Crippen molar-refractivity contribution < 1.29 is 9.90 Å². The second kappa shape index (κ2) is 5.39. The largest absolute Gasteiger partial charge is 0.481 e. The molecule has 22 heavy (non-hydrogen) atoms. The minimum Gasteiger partial charge on any atom is -0.481 e. The number of carboxylic acids is 1. The van der Waals surface area contributed by atoms with Crippen LogP contribution in [0.4, 0.5) is 0 Å². The van der Waals surface area contributed by atoms with Crippen molar-refractivity contribution >= 4 is 5.97 Å². The zero-order chi connectivity index (χ0) is 16.1. The van der Waals surface area contributed by atoms with E-state index in [-0.39, 0.29) is 5.41 Å². The molecule has 1 unspecified atom stereocenters. The SMILES string of the molecule is CC(C)C1=CC2CC[C@@H]3[C@](C)(CCC[C@@]3(C)C(=O)O)[C@H]2CC1. The van der Waals surface area contributed by atoms with Gasteiger partial charge in [-0.05, 0) is 74.5 Å². The van der Waals surface area contributed by atoms with Gasteiger partial charge in [-0.1, -0.05) is 38.8 Å². The van der Waals surface area contributed by atoms with Crippen LogP contribution in [-0.2, 0) is 4.79 Å². The van der Waals surface area contributed by atoms with Crippen LogP contribution in [0.2, 0.25) is 0 Å². The molecule has 3 aliphatic carbocycles. The number of hydrogen-bond acceptors (Lipinski definition) is 1. The fraction of sp³-hybridized carbons (Fsp3) is 0.850. The van der Waals surface area contributed by atoms with E-state index in [2.05, 4.69) is 26.8 Å². The molecule has 1 N–H and O–H groups in total. The van der Waals surface area contributed by atoms with Crippen molar-refractivity contribution in [1.82, 2.24) is 0 Å². The van der Waals surface area contributed by atoms with Gasteiger partial charge in [0.05, 0.1) is 5.41 Å². The number of fused-ring (bicyclic) bond motifs is 3. The third kappa shape index (κ3) is 2.25. The third-order valence-electron chi connectivity index (χ3n) is 7.53. The van der Waals surface area contributed by atoms with E-state index in [9.17, 15) is 9.90 Å². The summed E-state index contributed by atoms with van der Waals surface area (Å²) in [7, 11) is 0. The summed E-state index contributed by atoms with van der Waals surface area (Å²) in [6.45, 7) is 9.06. The molecule has 0 aromatic heterocycles. The van der Waals surface area contributed by atoms with E-state index < -0.39 is 11.4 Å². The molecule has 0 radical (unpaired) electrons. The summed E-state index contributed by atoms with van der Waals surface area (Å²) in [6.07, 6.45) is 10.6. The smallest absolute Gasteiger partial charge is 0.309 e. The Bertz CT molecular complexity index is 492. The van der Waals surface area contributed by atoms with E-state index >= 15 is 0 Å². The number of carboxylic acid groups (broad SMARTS) is 1. The molecule has 0 aromatic rings. The summed E-state index contributed by atoms with van der Waals surface area (Å²) >= 11 is 0. The van der Waals surface area contributed by atoms with E-state index in [1.165, 1.54) is 25.7 Å². The summed E-state index contributed by atoms with van der Waals surface area (Å²) in [5, 5.41) is 9.85. The number of aliphatic carboxylic acids is 1. The molecule has 0 aliphatic heterocycles. The van der Waals surface area contributed by atoms with Crippen LogP contribution >= 0.6 is 0 Å². The molecule has 0 saturated heterocycles. The maximum atomic E-state index is 12.0. The van der Waals surface area contributed by atoms with Crippen LogP contribution in [0.1, 0.15) is 72.6 Å². The number of hydrogen-bond donors (Lipinski definition) is 1. The van der Waals surface area contributed by atoms with Gasteiger partial charge in [-0.15, -0.1) is 0 Å². The van der Waals surface area contributed by atoms with Gasteiger partial charge in [0.15, 0.2) is 0 Å². The van der Waals surface area contributed by atoms with Gasteiger partial charge in [0.1, 0.15) is 0 Å². The fourth-order valence-corrected chi connectivity index (χ4v) is 6.22. The van der Waals surface area contributed by atoms with E-state index in [0.717, 1.165) is 19.3 Å². The highest BCUT2D eigenvalue weighted by Gasteiger charge is 2.58. The first-order valence-corrected chi connectivity index (χ1v) is 9.23. The van der Waals surface area contributed by atoms with E-state index in [1.807, 2.05) is 6.92 Å². The fourth-order valence-electron chi connectivity index (χ4n) is 6.22. The molecule has 0 bridgehead atoms. The van der Waals surface area contributed by atoms with Gasteiger partial charge in [-0.25, -0.2) is 0 Å². The van der Waals surface area contributed by atoms with Gasteiger partial charge in [-0.3, -0.25) is 4.79 Å². The summed E-state index contributed by atoms with van der Waals surface area (Å²) < 4.78 is 0. The molecule has 0 heterocycles. The van der Waals surface area contributed by atoms with Gasteiger partial charge in [0, 0.05) is 0 Å². The maximum absolute atomic E-state index is 12.0. The molecule has 0 amide bonds. The lowest BCUT2D eigenvalue weighted by Crippen LogP contribution is -2.55. The van der Waals surface area contributed by atoms with Gasteiger partial charge in [-0.2, -0.15) is 0 Å². The maximum Gasteiger partial charge on any atom is 0.309 e. The number of allylic oxidation sites excluding steroid dienone is 2. The Morgan fingerprint density at radius 1 is 1.23 bits per heavy atom. The quantitative estimate of drug-likeness (QED) is 0.704. The predicted octanol–water partition coefficient (Wildman–Crippen LogP) is 5.29. The Morgan fingerprint density at radius 3 is 2.59 bits per heavy atom. The molecule has 5 atom stereocenters. The highest BCUT2D eigenvalue weighted by atomic mass is 16.4. The van der Waals surface area contributed by atoms with Crippen LogP contribution in [0, 0.1) is 34.5 Å². The molecular formula is C20H32O2. The molecule has 2 saturated carbocycles. The lowest BCUT2D eigenvalue weighted by molar-refractivity contribution is -0.169. The van der Waals surface area contributed by atoms with Crippen LogP contribution in [0.5, 0.6) is 0 Å². The molecule has 3 aliphatic rings. The Balaban J connectivity index is 1.92. The van der Waals surface area contributed by atoms with Crippen molar-refractivity contribution in [2.24, 2.45) is 34.5 Å². The molecule has 2 heteroatoms. The average molecular weight is 304 g/mol. The van der Waals surface area contributed by atoms with Crippen molar-refractivity contribution in [1.29, 1.82) is 0 Å². The lowest BCUT2D eigenvalue weighted by atomic mass is 9.44. The molecule has 3 rings (SSSR count). The molecule has 124 valence electrons. The highest BCUT2D eigenvalue weighted by Crippen LogP contribution is 2.63. The van der Waals surface area contributed by atoms with Gasteiger partial charge in [0.25, 0.3) is 0 Å². The second-order valence-electron chi connectivity index (χ2n) is 8.92. The van der Waals surface area contributed by atoms with Crippen LogP contribution in [0.25, 0.3) is 0 Å². The first-order valence-electron chi connectivity index (χ1n) is 9.23. The Kier molecular flexibility index (Phi) is 3.94. The number of carbonyl (C=O) groups is 1. The topological polar surface area (TPSA) is 37.3 Å². The standard InChI is InChI=1S/C20H32O2/c1-13(2)14-6-8-16-15(12-14)7-9-17-19(16,3)10-5-11-20(17,4)18(21)22/h12-13,15-17H,5-11H2,1-4H3,(H,21,22)/t15?,16-,17+,19+,20+/m0/s1. The summed E-state index contributed by atoms with van der Waals surface area (Å²) in [4.78, 5) is 12.0. The van der Waals surface area contributed by atoms with Crippen molar-refractivity contribution in [3.63, 3.8) is 0 Å². The van der Waals surface area contributed by atoms with E-state index in [0.29, 0.717) is 23.7 Å². The molecular weight excluding hydrogens is 272 g/mol. The van der Waals surface area contributed by atoms with Gasteiger partial charge < -0.3 is 5.11 Å². The predicted molar refractivity (Wildman–Crippen MR) is 89.6 cm³/mol. The van der Waals surface area contributed by atoms with Crippen LogP contribution in [0.15, 0.2) is 11.6 Å². The monoisotopic (exact) mass is 304 g/mol. The van der Waals surface area contributed by atoms with E-state index in [4.69, 9.17) is 0 Å². The molecule has 2 fully saturated rings. The summed E-state index contributed by atoms with van der Waals surface area (Å²) in [5.41, 5.74) is 1.37.